The van der Waals surface area contributed by atoms with Crippen molar-refractivity contribution in [3.8, 4) is 0 Å². The first-order valence-electron chi connectivity index (χ1n) is 5.09. The van der Waals surface area contributed by atoms with Gasteiger partial charge in [-0.25, -0.2) is 8.78 Å². The molecule has 0 aliphatic carbocycles. The van der Waals surface area contributed by atoms with Crippen LogP contribution in [-0.4, -0.2) is 16.3 Å². The highest BCUT2D eigenvalue weighted by molar-refractivity contribution is 5.80. The number of rotatable bonds is 3. The number of benzene rings is 1. The Bertz CT molecular complexity index is 505. The number of hydrogen-bond donors (Lipinski definition) is 1. The van der Waals surface area contributed by atoms with E-state index in [1.165, 1.54) is 12.1 Å². The number of halogens is 2. The zero-order valence-corrected chi connectivity index (χ0v) is 8.95. The minimum atomic E-state index is -2.97. The highest BCUT2D eigenvalue weighted by atomic mass is 19.3. The van der Waals surface area contributed by atoms with E-state index in [0.29, 0.717) is 0 Å². The summed E-state index contributed by atoms with van der Waals surface area (Å²) in [5.74, 6) is -2.97. The Morgan fingerprint density at radius 1 is 1.31 bits per heavy atom. The number of aliphatic hydroxyl groups is 1. The molecule has 0 aliphatic heterocycles. The van der Waals surface area contributed by atoms with Gasteiger partial charge in [0.15, 0.2) is 0 Å². The van der Waals surface area contributed by atoms with E-state index in [4.69, 9.17) is 5.11 Å². The Hall–Kier alpha value is -1.42. The molecule has 0 spiro atoms. The first-order valence-corrected chi connectivity index (χ1v) is 5.09. The minimum Gasteiger partial charge on any atom is -0.396 e. The van der Waals surface area contributed by atoms with E-state index < -0.39 is 19.0 Å². The molecule has 2 nitrogen and oxygen atoms in total. The maximum atomic E-state index is 13.6. The Labute approximate surface area is 92.1 Å². The molecule has 0 saturated heterocycles. The fourth-order valence-corrected chi connectivity index (χ4v) is 1.77. The Balaban J connectivity index is 2.49. The number of nitrogens with zero attached hydrogens (tertiary/aromatic N) is 1. The second kappa shape index (κ2) is 3.87. The highest BCUT2D eigenvalue weighted by Gasteiger charge is 2.30. The van der Waals surface area contributed by atoms with Gasteiger partial charge in [-0.15, -0.1) is 0 Å². The zero-order valence-electron chi connectivity index (χ0n) is 8.95. The van der Waals surface area contributed by atoms with Crippen molar-refractivity contribution in [3.05, 3.63) is 36.0 Å². The normalized spacial score (nSPS) is 12.2. The average Bonchev–Trinajstić information content (AvgIpc) is 2.60. The van der Waals surface area contributed by atoms with Gasteiger partial charge in [-0.05, 0) is 17.5 Å². The van der Waals surface area contributed by atoms with Crippen molar-refractivity contribution in [2.24, 2.45) is 7.05 Å². The lowest BCUT2D eigenvalue weighted by molar-refractivity contribution is -0.0268. The summed E-state index contributed by atoms with van der Waals surface area (Å²) in [5, 5.41) is 9.54. The average molecular weight is 225 g/mol. The molecule has 0 atom stereocenters. The third-order valence-corrected chi connectivity index (χ3v) is 2.74. The molecule has 1 N–H and O–H groups in total. The van der Waals surface area contributed by atoms with Crippen molar-refractivity contribution in [2.75, 3.05) is 6.61 Å². The van der Waals surface area contributed by atoms with Gasteiger partial charge in [0.25, 0.3) is 5.92 Å². The molecular formula is C12H13F2NO. The van der Waals surface area contributed by atoms with E-state index in [1.807, 2.05) is 19.3 Å². The molecule has 0 radical (unpaired) electrons. The van der Waals surface area contributed by atoms with Crippen LogP contribution in [0.3, 0.4) is 0 Å². The zero-order chi connectivity index (χ0) is 11.8. The summed E-state index contributed by atoms with van der Waals surface area (Å²) >= 11 is 0. The van der Waals surface area contributed by atoms with Gasteiger partial charge in [0, 0.05) is 37.4 Å². The maximum absolute atomic E-state index is 13.6. The van der Waals surface area contributed by atoms with Crippen LogP contribution in [0.2, 0.25) is 0 Å². The van der Waals surface area contributed by atoms with Crippen molar-refractivity contribution in [3.63, 3.8) is 0 Å². The molecule has 1 aromatic carbocycles. The van der Waals surface area contributed by atoms with Gasteiger partial charge in [-0.2, -0.15) is 0 Å². The van der Waals surface area contributed by atoms with Crippen molar-refractivity contribution >= 4 is 10.9 Å². The fraction of sp³-hybridized carbons (Fsp3) is 0.333. The van der Waals surface area contributed by atoms with Crippen molar-refractivity contribution < 1.29 is 13.9 Å². The number of aryl methyl sites for hydroxylation is 1. The van der Waals surface area contributed by atoms with Crippen LogP contribution in [0.1, 0.15) is 12.0 Å². The lowest BCUT2D eigenvalue weighted by atomic mass is 10.0. The van der Waals surface area contributed by atoms with E-state index in [2.05, 4.69) is 0 Å². The second-order valence-electron chi connectivity index (χ2n) is 3.88. The van der Waals surface area contributed by atoms with E-state index in [9.17, 15) is 8.78 Å². The number of hydrogen-bond acceptors (Lipinski definition) is 1. The lowest BCUT2D eigenvalue weighted by Crippen LogP contribution is -2.15. The van der Waals surface area contributed by atoms with E-state index in [1.54, 1.807) is 10.6 Å². The van der Waals surface area contributed by atoms with E-state index >= 15 is 0 Å². The number of fused-ring (bicyclic) bond motifs is 1. The first kappa shape index (κ1) is 11.1. The van der Waals surface area contributed by atoms with Crippen LogP contribution in [-0.2, 0) is 13.0 Å². The number of aliphatic hydroxyl groups excluding tert-OH is 1. The second-order valence-corrected chi connectivity index (χ2v) is 3.88. The van der Waals surface area contributed by atoms with Crippen LogP contribution in [0.15, 0.2) is 30.5 Å². The summed E-state index contributed by atoms with van der Waals surface area (Å²) in [4.78, 5) is 0. The molecule has 86 valence electrons. The van der Waals surface area contributed by atoms with Gasteiger partial charge < -0.3 is 9.67 Å². The largest absolute Gasteiger partial charge is 0.396 e. The summed E-state index contributed by atoms with van der Waals surface area (Å²) in [6.45, 7) is -0.516. The van der Waals surface area contributed by atoms with Gasteiger partial charge in [-0.3, -0.25) is 0 Å². The van der Waals surface area contributed by atoms with E-state index in [0.717, 1.165) is 10.9 Å². The summed E-state index contributed by atoms with van der Waals surface area (Å²) in [6.07, 6.45) is 1.29. The summed E-state index contributed by atoms with van der Waals surface area (Å²) in [7, 11) is 1.82. The fourth-order valence-electron chi connectivity index (χ4n) is 1.77. The Kier molecular flexibility index (Phi) is 2.68. The topological polar surface area (TPSA) is 25.2 Å². The summed E-state index contributed by atoms with van der Waals surface area (Å²) in [5.41, 5.74) is 0.728. The Morgan fingerprint density at radius 3 is 2.75 bits per heavy atom. The standard InChI is InChI=1S/C12H13F2NO/c1-15-6-4-9-2-3-10(8-11(9)15)12(13,14)5-7-16/h2-4,6,8,16H,5,7H2,1H3. The van der Waals surface area contributed by atoms with Crippen LogP contribution in [0, 0.1) is 0 Å². The van der Waals surface area contributed by atoms with Crippen molar-refractivity contribution in [1.29, 1.82) is 0 Å². The molecule has 2 rings (SSSR count). The van der Waals surface area contributed by atoms with Gasteiger partial charge in [0.05, 0.1) is 0 Å². The van der Waals surface area contributed by atoms with Crippen molar-refractivity contribution in [2.45, 2.75) is 12.3 Å². The molecule has 0 saturated carbocycles. The predicted molar refractivity (Wildman–Crippen MR) is 58.5 cm³/mol. The van der Waals surface area contributed by atoms with Crippen LogP contribution in [0.5, 0.6) is 0 Å². The molecule has 1 heterocycles. The van der Waals surface area contributed by atoms with Gasteiger partial charge in [0.2, 0.25) is 0 Å². The quantitative estimate of drug-likeness (QED) is 0.853. The molecule has 0 amide bonds. The molecule has 0 fully saturated rings. The summed E-state index contributed by atoms with van der Waals surface area (Å²) in [6, 6.07) is 6.45. The van der Waals surface area contributed by atoms with Crippen LogP contribution < -0.4 is 0 Å². The third kappa shape index (κ3) is 1.80. The SMILES string of the molecule is Cn1ccc2ccc(C(F)(F)CCO)cc21. The first-order chi connectivity index (χ1) is 7.54. The predicted octanol–water partition coefficient (Wildman–Crippen LogP) is 2.65. The molecule has 2 aromatic rings. The van der Waals surface area contributed by atoms with Crippen molar-refractivity contribution in [1.82, 2.24) is 4.57 Å². The molecule has 4 heteroatoms. The van der Waals surface area contributed by atoms with Gasteiger partial charge in [0.1, 0.15) is 0 Å². The third-order valence-electron chi connectivity index (χ3n) is 2.74. The van der Waals surface area contributed by atoms with Crippen LogP contribution >= 0.6 is 0 Å². The number of alkyl halides is 2. The Morgan fingerprint density at radius 2 is 2.06 bits per heavy atom. The highest BCUT2D eigenvalue weighted by Crippen LogP contribution is 2.33. The van der Waals surface area contributed by atoms with Gasteiger partial charge in [-0.1, -0.05) is 12.1 Å². The molecular weight excluding hydrogens is 212 g/mol. The van der Waals surface area contributed by atoms with Crippen LogP contribution in [0.25, 0.3) is 10.9 Å². The monoisotopic (exact) mass is 225 g/mol. The molecule has 16 heavy (non-hydrogen) atoms. The van der Waals surface area contributed by atoms with Gasteiger partial charge >= 0.3 is 0 Å². The smallest absolute Gasteiger partial charge is 0.275 e. The van der Waals surface area contributed by atoms with Crippen LogP contribution in [0.4, 0.5) is 8.78 Å². The molecule has 0 aliphatic rings. The summed E-state index contributed by atoms with van der Waals surface area (Å²) < 4.78 is 28.9. The molecule has 0 unspecified atom stereocenters. The maximum Gasteiger partial charge on any atom is 0.275 e. The molecule has 0 bridgehead atoms. The lowest BCUT2D eigenvalue weighted by Gasteiger charge is -2.15. The number of aromatic nitrogens is 1. The molecule has 1 aromatic heterocycles. The van der Waals surface area contributed by atoms with E-state index in [-0.39, 0.29) is 5.56 Å². The minimum absolute atomic E-state index is 0.0455.